The predicted molar refractivity (Wildman–Crippen MR) is 184 cm³/mol. The lowest BCUT2D eigenvalue weighted by atomic mass is 9.44. The molecular weight excluding hydrogens is 617 g/mol. The highest BCUT2D eigenvalue weighted by atomic mass is 19.1. The average molecular weight is 650 g/mol. The van der Waals surface area contributed by atoms with Crippen molar-refractivity contribution in [1.82, 2.24) is 0 Å². The van der Waals surface area contributed by atoms with Gasteiger partial charge in [0.15, 0.2) is 23.1 Å². The second-order valence-corrected chi connectivity index (χ2v) is 13.3. The molecule has 1 heterocycles. The molecule has 0 aromatic heterocycles. The van der Waals surface area contributed by atoms with Crippen LogP contribution in [0, 0.1) is 29.5 Å². The molecule has 6 atom stereocenters. The van der Waals surface area contributed by atoms with Gasteiger partial charge in [-0.3, -0.25) is 24.1 Å². The predicted octanol–water partition coefficient (Wildman–Crippen LogP) is 7.20. The quantitative estimate of drug-likeness (QED) is 0.182. The SMILES string of the molecule is C=Cc1ccc(N2C(=O)C3CC=C4C(CC5C(=O)C(c6ccccc6)=CC(=O)C5(c5ccccc5)C4c4cccc(F)c4O)C3C2=O)cc1. The zero-order chi connectivity index (χ0) is 34.0. The largest absolute Gasteiger partial charge is 0.505 e. The topological polar surface area (TPSA) is 91.8 Å². The number of benzene rings is 4. The number of carbonyl (C=O) groups is 4. The number of Topliss-reactive ketones (excluding diaryl/α,β-unsaturated/α-hetero) is 1. The maximum absolute atomic E-state index is 15.2. The molecule has 6 nitrogen and oxygen atoms in total. The molecule has 1 saturated carbocycles. The Hall–Kier alpha value is -5.69. The van der Waals surface area contributed by atoms with Gasteiger partial charge >= 0.3 is 0 Å². The number of fused-ring (bicyclic) bond motifs is 4. The second kappa shape index (κ2) is 11.5. The number of halogens is 1. The van der Waals surface area contributed by atoms with Gasteiger partial charge in [0.1, 0.15) is 0 Å². The van der Waals surface area contributed by atoms with Crippen molar-refractivity contribution in [3.63, 3.8) is 0 Å². The summed E-state index contributed by atoms with van der Waals surface area (Å²) in [5.41, 5.74) is 1.98. The second-order valence-electron chi connectivity index (χ2n) is 13.3. The standard InChI is InChI=1S/C42H32FNO5/c1-2-24-16-18-27(19-17-24)44-40(48)29-21-20-28-32(36(29)41(44)49)22-33-38(46)31(25-10-5-3-6-11-25)23-35(45)42(33,26-12-7-4-8-13-26)37(28)30-14-9-15-34(43)39(30)47/h2-20,23,29,32-33,36-37,47H,1,21-22H2. The van der Waals surface area contributed by atoms with E-state index in [1.807, 2.05) is 18.2 Å². The van der Waals surface area contributed by atoms with E-state index in [0.29, 0.717) is 22.4 Å². The van der Waals surface area contributed by atoms with Gasteiger partial charge in [0.05, 0.1) is 22.9 Å². The highest BCUT2D eigenvalue weighted by molar-refractivity contribution is 6.32. The minimum absolute atomic E-state index is 0.117. The lowest BCUT2D eigenvalue weighted by molar-refractivity contribution is -0.135. The fourth-order valence-electron chi connectivity index (χ4n) is 9.00. The zero-order valence-electron chi connectivity index (χ0n) is 26.5. The van der Waals surface area contributed by atoms with Gasteiger partial charge in [0.2, 0.25) is 11.8 Å². The summed E-state index contributed by atoms with van der Waals surface area (Å²) in [7, 11) is 0. The Balaban J connectivity index is 1.36. The van der Waals surface area contributed by atoms with E-state index < -0.39 is 46.6 Å². The highest BCUT2D eigenvalue weighted by Gasteiger charge is 2.66. The van der Waals surface area contributed by atoms with Crippen LogP contribution in [0.4, 0.5) is 10.1 Å². The van der Waals surface area contributed by atoms with E-state index in [0.717, 1.165) is 11.6 Å². The lowest BCUT2D eigenvalue weighted by Crippen LogP contribution is -2.58. The Morgan fingerprint density at radius 2 is 1.51 bits per heavy atom. The molecule has 4 aromatic rings. The Morgan fingerprint density at radius 1 is 0.816 bits per heavy atom. The Kier molecular flexibility index (Phi) is 7.18. The maximum atomic E-state index is 15.2. The molecular formula is C42H32FNO5. The minimum Gasteiger partial charge on any atom is -0.505 e. The third-order valence-electron chi connectivity index (χ3n) is 11.1. The molecule has 242 valence electrons. The first-order valence-electron chi connectivity index (χ1n) is 16.5. The van der Waals surface area contributed by atoms with Crippen molar-refractivity contribution in [1.29, 1.82) is 0 Å². The van der Waals surface area contributed by atoms with Crippen LogP contribution in [0.3, 0.4) is 0 Å². The average Bonchev–Trinajstić information content (AvgIpc) is 3.39. The first-order valence-corrected chi connectivity index (χ1v) is 16.5. The maximum Gasteiger partial charge on any atom is 0.238 e. The molecule has 6 unspecified atom stereocenters. The molecule has 49 heavy (non-hydrogen) atoms. The number of imide groups is 1. The number of allylic oxidation sites excluding steroid dienone is 4. The van der Waals surface area contributed by atoms with E-state index in [-0.39, 0.29) is 47.4 Å². The van der Waals surface area contributed by atoms with Crippen LogP contribution in [-0.4, -0.2) is 28.5 Å². The number of amides is 2. The molecule has 8 rings (SSSR count). The number of hydrogen-bond acceptors (Lipinski definition) is 5. The monoisotopic (exact) mass is 649 g/mol. The summed E-state index contributed by atoms with van der Waals surface area (Å²) in [6.45, 7) is 3.78. The van der Waals surface area contributed by atoms with Crippen molar-refractivity contribution in [3.05, 3.63) is 156 Å². The number of carbonyl (C=O) groups excluding carboxylic acids is 4. The van der Waals surface area contributed by atoms with E-state index >= 15 is 9.18 Å². The summed E-state index contributed by atoms with van der Waals surface area (Å²) in [6.07, 6.45) is 5.31. The summed E-state index contributed by atoms with van der Waals surface area (Å²) >= 11 is 0. The number of hydrogen-bond donors (Lipinski definition) is 1. The van der Waals surface area contributed by atoms with Crippen LogP contribution in [-0.2, 0) is 24.6 Å². The first-order chi connectivity index (χ1) is 23.8. The number of ketones is 2. The van der Waals surface area contributed by atoms with E-state index in [4.69, 9.17) is 0 Å². The first kappa shape index (κ1) is 30.6. The van der Waals surface area contributed by atoms with Crippen molar-refractivity contribution in [3.8, 4) is 5.75 Å². The van der Waals surface area contributed by atoms with Gasteiger partial charge in [0.25, 0.3) is 0 Å². The Labute approximate surface area is 282 Å². The molecule has 0 radical (unpaired) electrons. The summed E-state index contributed by atoms with van der Waals surface area (Å²) < 4.78 is 15.2. The number of phenols is 1. The molecule has 0 bridgehead atoms. The van der Waals surface area contributed by atoms with Crippen LogP contribution in [0.2, 0.25) is 0 Å². The number of para-hydroxylation sites is 1. The molecule has 2 fully saturated rings. The van der Waals surface area contributed by atoms with Crippen molar-refractivity contribution in [2.45, 2.75) is 24.2 Å². The third-order valence-corrected chi connectivity index (χ3v) is 11.1. The molecule has 7 heteroatoms. The van der Waals surface area contributed by atoms with Gasteiger partial charge < -0.3 is 5.11 Å². The molecule has 1 saturated heterocycles. The van der Waals surface area contributed by atoms with Crippen LogP contribution in [0.5, 0.6) is 5.75 Å². The number of phenolic OH excluding ortho intramolecular Hbond substituents is 1. The lowest BCUT2D eigenvalue weighted by Gasteiger charge is -2.55. The van der Waals surface area contributed by atoms with Gasteiger partial charge in [-0.05, 0) is 59.7 Å². The molecule has 1 N–H and O–H groups in total. The fraction of sp³-hybridized carbons (Fsp3) is 0.190. The van der Waals surface area contributed by atoms with E-state index in [1.54, 1.807) is 84.9 Å². The van der Waals surface area contributed by atoms with E-state index in [9.17, 15) is 19.5 Å². The van der Waals surface area contributed by atoms with Gasteiger partial charge in [-0.2, -0.15) is 0 Å². The molecule has 0 spiro atoms. The van der Waals surface area contributed by atoms with E-state index in [1.165, 1.54) is 17.0 Å². The Morgan fingerprint density at radius 3 is 2.20 bits per heavy atom. The molecule has 4 aliphatic rings. The molecule has 1 aliphatic heterocycles. The number of rotatable bonds is 5. The van der Waals surface area contributed by atoms with Gasteiger partial charge in [-0.1, -0.05) is 109 Å². The smallest absolute Gasteiger partial charge is 0.238 e. The fourth-order valence-corrected chi connectivity index (χ4v) is 9.00. The van der Waals surface area contributed by atoms with Crippen molar-refractivity contribution in [2.24, 2.45) is 23.7 Å². The van der Waals surface area contributed by atoms with Crippen LogP contribution >= 0.6 is 0 Å². The highest BCUT2D eigenvalue weighted by Crippen LogP contribution is 2.64. The summed E-state index contributed by atoms with van der Waals surface area (Å²) in [5.74, 6) is -6.88. The zero-order valence-corrected chi connectivity index (χ0v) is 26.5. The van der Waals surface area contributed by atoms with Crippen LogP contribution in [0.25, 0.3) is 11.6 Å². The minimum atomic E-state index is -1.55. The summed E-state index contributed by atoms with van der Waals surface area (Å²) in [6, 6.07) is 29.2. The van der Waals surface area contributed by atoms with Gasteiger partial charge in [0, 0.05) is 23.0 Å². The van der Waals surface area contributed by atoms with Gasteiger partial charge in [-0.15, -0.1) is 0 Å². The van der Waals surface area contributed by atoms with E-state index in [2.05, 4.69) is 6.58 Å². The molecule has 2 amide bonds. The van der Waals surface area contributed by atoms with Gasteiger partial charge in [-0.25, -0.2) is 4.39 Å². The number of aromatic hydroxyl groups is 1. The number of anilines is 1. The van der Waals surface area contributed by atoms with Crippen molar-refractivity contribution in [2.75, 3.05) is 4.90 Å². The Bertz CT molecular complexity index is 2120. The third kappa shape index (κ3) is 4.38. The molecule has 3 aliphatic carbocycles. The van der Waals surface area contributed by atoms with Crippen LogP contribution in [0.1, 0.15) is 41.0 Å². The van der Waals surface area contributed by atoms with Crippen LogP contribution in [0.15, 0.2) is 127 Å². The molecule has 4 aromatic carbocycles. The van der Waals surface area contributed by atoms with Crippen LogP contribution < -0.4 is 4.90 Å². The normalized spacial score (nSPS) is 27.5. The summed E-state index contributed by atoms with van der Waals surface area (Å²) in [4.78, 5) is 59.6. The summed E-state index contributed by atoms with van der Waals surface area (Å²) in [5, 5.41) is 11.3. The van der Waals surface area contributed by atoms with Crippen molar-refractivity contribution < 1.29 is 28.7 Å². The van der Waals surface area contributed by atoms with Crippen molar-refractivity contribution >= 4 is 40.7 Å². The number of nitrogens with zero attached hydrogens (tertiary/aromatic N) is 1.